The van der Waals surface area contributed by atoms with E-state index in [9.17, 15) is 0 Å². The molecule has 2 aromatic heterocycles. The number of nitrogens with zero attached hydrogens (tertiary/aromatic N) is 4. The highest BCUT2D eigenvalue weighted by molar-refractivity contribution is 6.28. The third-order valence-electron chi connectivity index (χ3n) is 7.00. The number of hydrogen-bond donors (Lipinski definition) is 2. The summed E-state index contributed by atoms with van der Waals surface area (Å²) in [6.07, 6.45) is 3.11. The van der Waals surface area contributed by atoms with Gasteiger partial charge in [0.25, 0.3) is 0 Å². The number of halogens is 1. The Labute approximate surface area is 226 Å². The first kappa shape index (κ1) is 24.2. The van der Waals surface area contributed by atoms with E-state index < -0.39 is 0 Å². The molecule has 38 heavy (non-hydrogen) atoms. The minimum absolute atomic E-state index is 0.0944. The lowest BCUT2D eigenvalue weighted by atomic mass is 9.98. The summed E-state index contributed by atoms with van der Waals surface area (Å²) < 4.78 is 6.20. The van der Waals surface area contributed by atoms with Crippen LogP contribution in [0, 0.1) is 11.3 Å². The molecule has 0 amide bonds. The highest BCUT2D eigenvalue weighted by Gasteiger charge is 2.24. The molecule has 0 radical (unpaired) electrons. The Hall–Kier alpha value is -4.12. The Morgan fingerprint density at radius 2 is 1.89 bits per heavy atom. The van der Waals surface area contributed by atoms with Gasteiger partial charge in [0, 0.05) is 43.9 Å². The third-order valence-corrected chi connectivity index (χ3v) is 7.17. The van der Waals surface area contributed by atoms with Crippen molar-refractivity contribution >= 4 is 39.2 Å². The first-order chi connectivity index (χ1) is 18.7. The molecule has 0 saturated carbocycles. The molecule has 0 aliphatic carbocycles. The Morgan fingerprint density at radius 3 is 2.76 bits per heavy atom. The maximum Gasteiger partial charge on any atom is 0.225 e. The Kier molecular flexibility index (Phi) is 6.82. The van der Waals surface area contributed by atoms with Gasteiger partial charge in [0.15, 0.2) is 5.82 Å². The second kappa shape index (κ2) is 10.7. The van der Waals surface area contributed by atoms with Crippen LogP contribution in [0.1, 0.15) is 23.1 Å². The molecule has 0 bridgehead atoms. The van der Waals surface area contributed by atoms with Gasteiger partial charge in [-0.15, -0.1) is 0 Å². The number of piperazine rings is 1. The monoisotopic (exact) mass is 522 g/mol. The van der Waals surface area contributed by atoms with Crippen LogP contribution in [0.3, 0.4) is 0 Å². The molecular formula is C30H27ClN6O. The van der Waals surface area contributed by atoms with Crippen LogP contribution in [0.15, 0.2) is 72.9 Å². The molecule has 3 aromatic carbocycles. The maximum atomic E-state index is 9.15. The summed E-state index contributed by atoms with van der Waals surface area (Å²) >= 11 is 6.44. The number of H-pyrrole nitrogens is 1. The van der Waals surface area contributed by atoms with Gasteiger partial charge < -0.3 is 19.9 Å². The van der Waals surface area contributed by atoms with Gasteiger partial charge in [0.2, 0.25) is 5.28 Å². The molecule has 1 aliphatic heterocycles. The number of benzene rings is 3. The lowest BCUT2D eigenvalue weighted by Gasteiger charge is -2.33. The van der Waals surface area contributed by atoms with E-state index >= 15 is 0 Å². The van der Waals surface area contributed by atoms with Crippen LogP contribution in [-0.4, -0.2) is 40.6 Å². The molecule has 1 aliphatic rings. The van der Waals surface area contributed by atoms with Gasteiger partial charge in [-0.3, -0.25) is 0 Å². The average molecular weight is 523 g/mol. The SMILES string of the molecule is N#CC[C@H]1CN(c2nc(Cl)nc3c(Cc4cc(OCc5ccccc5)cc5ccccc45)c[nH]c23)CCN1. The molecule has 8 heteroatoms. The highest BCUT2D eigenvalue weighted by atomic mass is 35.5. The molecule has 1 fully saturated rings. The molecule has 6 rings (SSSR count). The van der Waals surface area contributed by atoms with E-state index in [0.717, 1.165) is 57.8 Å². The quantitative estimate of drug-likeness (QED) is 0.269. The predicted molar refractivity (Wildman–Crippen MR) is 151 cm³/mol. The number of nitrogens with one attached hydrogen (secondary N) is 2. The fourth-order valence-corrected chi connectivity index (χ4v) is 5.34. The number of nitriles is 1. The number of fused-ring (bicyclic) bond motifs is 2. The fraction of sp³-hybridized carbons (Fsp3) is 0.233. The normalized spacial score (nSPS) is 15.6. The number of anilines is 1. The third kappa shape index (κ3) is 5.01. The summed E-state index contributed by atoms with van der Waals surface area (Å²) in [5.74, 6) is 1.61. The smallest absolute Gasteiger partial charge is 0.225 e. The largest absolute Gasteiger partial charge is 0.489 e. The van der Waals surface area contributed by atoms with Crippen molar-refractivity contribution in [1.82, 2.24) is 20.3 Å². The second-order valence-electron chi connectivity index (χ2n) is 9.57. The van der Waals surface area contributed by atoms with E-state index in [1.807, 2.05) is 30.5 Å². The van der Waals surface area contributed by atoms with Gasteiger partial charge >= 0.3 is 0 Å². The summed E-state index contributed by atoms with van der Waals surface area (Å²) in [7, 11) is 0. The number of aromatic nitrogens is 3. The predicted octanol–water partition coefficient (Wildman–Crippen LogP) is 5.63. The first-order valence-electron chi connectivity index (χ1n) is 12.7. The van der Waals surface area contributed by atoms with E-state index in [1.165, 1.54) is 5.39 Å². The van der Waals surface area contributed by atoms with Crippen LogP contribution >= 0.6 is 11.6 Å². The van der Waals surface area contributed by atoms with Crippen molar-refractivity contribution < 1.29 is 4.74 Å². The Bertz CT molecular complexity index is 1630. The highest BCUT2D eigenvalue weighted by Crippen LogP contribution is 2.32. The van der Waals surface area contributed by atoms with Crippen LogP contribution in [0.4, 0.5) is 5.82 Å². The summed E-state index contributed by atoms with van der Waals surface area (Å²) in [6.45, 7) is 2.76. The van der Waals surface area contributed by atoms with E-state index in [0.29, 0.717) is 26.0 Å². The zero-order valence-electron chi connectivity index (χ0n) is 20.8. The van der Waals surface area contributed by atoms with Crippen LogP contribution in [-0.2, 0) is 13.0 Å². The van der Waals surface area contributed by atoms with Crippen molar-refractivity contribution in [3.05, 3.63) is 94.9 Å². The molecule has 3 heterocycles. The molecule has 7 nitrogen and oxygen atoms in total. The zero-order valence-corrected chi connectivity index (χ0v) is 21.6. The van der Waals surface area contributed by atoms with Gasteiger partial charge in [-0.25, -0.2) is 4.98 Å². The molecule has 1 saturated heterocycles. The summed E-state index contributed by atoms with van der Waals surface area (Å²) in [5, 5.41) is 15.1. The van der Waals surface area contributed by atoms with Crippen molar-refractivity contribution in [2.24, 2.45) is 0 Å². The summed E-state index contributed by atoms with van der Waals surface area (Å²) in [5.41, 5.74) is 5.00. The van der Waals surface area contributed by atoms with Crippen molar-refractivity contribution in [2.75, 3.05) is 24.5 Å². The van der Waals surface area contributed by atoms with E-state index in [-0.39, 0.29) is 11.3 Å². The minimum Gasteiger partial charge on any atom is -0.489 e. The van der Waals surface area contributed by atoms with Crippen LogP contribution in [0.25, 0.3) is 21.8 Å². The molecule has 190 valence electrons. The number of ether oxygens (including phenoxy) is 1. The van der Waals surface area contributed by atoms with Crippen LogP contribution in [0.5, 0.6) is 5.75 Å². The number of hydrogen-bond acceptors (Lipinski definition) is 6. The lowest BCUT2D eigenvalue weighted by Crippen LogP contribution is -2.51. The molecule has 0 spiro atoms. The topological polar surface area (TPSA) is 89.9 Å². The van der Waals surface area contributed by atoms with Crippen molar-refractivity contribution in [3.8, 4) is 11.8 Å². The molecule has 5 aromatic rings. The zero-order chi connectivity index (χ0) is 25.9. The number of aromatic amines is 1. The summed E-state index contributed by atoms with van der Waals surface area (Å²) in [4.78, 5) is 14.8. The van der Waals surface area contributed by atoms with Gasteiger partial charge in [-0.1, -0.05) is 54.6 Å². The van der Waals surface area contributed by atoms with Crippen molar-refractivity contribution in [2.45, 2.75) is 25.5 Å². The maximum absolute atomic E-state index is 9.15. The second-order valence-corrected chi connectivity index (χ2v) is 9.91. The molecular weight excluding hydrogens is 496 g/mol. The van der Waals surface area contributed by atoms with Gasteiger partial charge in [-0.2, -0.15) is 10.2 Å². The van der Waals surface area contributed by atoms with Crippen LogP contribution < -0.4 is 15.0 Å². The first-order valence-corrected chi connectivity index (χ1v) is 13.1. The Balaban J connectivity index is 1.34. The standard InChI is InChI=1S/C30H27ClN6O/c31-30-35-27-23(17-34-28(27)29(36-30)37-13-12-33-24(18-37)10-11-32)14-22-16-25(15-21-8-4-5-9-26(21)22)38-19-20-6-2-1-3-7-20/h1-9,15-17,24,33-34H,10,12-14,18-19H2/t24-/m0/s1. The Morgan fingerprint density at radius 1 is 1.05 bits per heavy atom. The van der Waals surface area contributed by atoms with Crippen molar-refractivity contribution in [3.63, 3.8) is 0 Å². The van der Waals surface area contributed by atoms with E-state index in [4.69, 9.17) is 21.6 Å². The summed E-state index contributed by atoms with van der Waals surface area (Å²) in [6, 6.07) is 25.1. The number of rotatable bonds is 7. The fourth-order valence-electron chi connectivity index (χ4n) is 5.18. The van der Waals surface area contributed by atoms with E-state index in [1.54, 1.807) is 0 Å². The molecule has 2 N–H and O–H groups in total. The van der Waals surface area contributed by atoms with Crippen LogP contribution in [0.2, 0.25) is 5.28 Å². The lowest BCUT2D eigenvalue weighted by molar-refractivity contribution is 0.306. The average Bonchev–Trinajstić information content (AvgIpc) is 3.34. The minimum atomic E-state index is 0.0944. The van der Waals surface area contributed by atoms with E-state index in [2.05, 4.69) is 73.7 Å². The van der Waals surface area contributed by atoms with Gasteiger partial charge in [0.1, 0.15) is 17.9 Å². The van der Waals surface area contributed by atoms with Crippen molar-refractivity contribution in [1.29, 1.82) is 5.26 Å². The van der Waals surface area contributed by atoms with Gasteiger partial charge in [-0.05, 0) is 45.6 Å². The molecule has 1 atom stereocenters. The van der Waals surface area contributed by atoms with Gasteiger partial charge in [0.05, 0.1) is 18.0 Å². The molecule has 0 unspecified atom stereocenters.